The molecular weight excluding hydrogens is 206 g/mol. The zero-order chi connectivity index (χ0) is 11.3. The van der Waals surface area contributed by atoms with E-state index in [1.807, 2.05) is 0 Å². The molecule has 3 atom stereocenters. The van der Waals surface area contributed by atoms with Gasteiger partial charge in [0.25, 0.3) is 0 Å². The van der Waals surface area contributed by atoms with E-state index in [2.05, 4.69) is 17.9 Å². The van der Waals surface area contributed by atoms with Crippen LogP contribution in [0.2, 0.25) is 0 Å². The van der Waals surface area contributed by atoms with Crippen molar-refractivity contribution in [2.45, 2.75) is 26.0 Å². The van der Waals surface area contributed by atoms with Crippen molar-refractivity contribution in [1.29, 1.82) is 0 Å². The Bertz CT molecular complexity index is 219. The lowest BCUT2D eigenvalue weighted by molar-refractivity contribution is -0.145. The first-order chi connectivity index (χ1) is 6.40. The Balaban J connectivity index is 4.31. The Labute approximate surface area is 87.9 Å². The van der Waals surface area contributed by atoms with Gasteiger partial charge >= 0.3 is 5.97 Å². The number of hydrogen-bond donors (Lipinski definition) is 4. The van der Waals surface area contributed by atoms with Gasteiger partial charge in [-0.2, -0.15) is 12.6 Å². The van der Waals surface area contributed by atoms with Crippen molar-refractivity contribution in [3.8, 4) is 0 Å². The topological polar surface area (TPSA) is 86.6 Å². The summed E-state index contributed by atoms with van der Waals surface area (Å²) >= 11 is 3.91. The van der Waals surface area contributed by atoms with Crippen LogP contribution in [0, 0.1) is 5.92 Å². The molecule has 14 heavy (non-hydrogen) atoms. The molecule has 0 aliphatic rings. The predicted octanol–water partition coefficient (Wildman–Crippen LogP) is -0.498. The van der Waals surface area contributed by atoms with Crippen molar-refractivity contribution in [3.05, 3.63) is 0 Å². The third-order valence-electron chi connectivity index (χ3n) is 1.77. The Hall–Kier alpha value is -0.750. The second-order valence-corrected chi connectivity index (χ2v) is 3.51. The number of thiol groups is 1. The van der Waals surface area contributed by atoms with Crippen LogP contribution in [-0.2, 0) is 9.59 Å². The van der Waals surface area contributed by atoms with Crippen molar-refractivity contribution >= 4 is 24.5 Å². The fourth-order valence-corrected chi connectivity index (χ4v) is 0.933. The highest BCUT2D eigenvalue weighted by Crippen LogP contribution is 2.00. The third-order valence-corrected chi connectivity index (χ3v) is 2.32. The number of hydrogen-bond acceptors (Lipinski definition) is 4. The van der Waals surface area contributed by atoms with Gasteiger partial charge in [0.05, 0.1) is 6.10 Å². The number of amides is 1. The molecule has 0 saturated heterocycles. The average molecular weight is 221 g/mol. The Kier molecular flexibility index (Phi) is 5.56. The first kappa shape index (κ1) is 13.2. The standard InChI is InChI=1S/C8H15NO4S/c1-4(3-14)7(11)9-6(5(2)10)8(12)13/h4-6,10,14H,3H2,1-2H3,(H,9,11)(H,12,13)/t4?,5-,6+/m1/s1. The van der Waals surface area contributed by atoms with E-state index in [0.717, 1.165) is 0 Å². The highest BCUT2D eigenvalue weighted by molar-refractivity contribution is 7.80. The monoisotopic (exact) mass is 221 g/mol. The van der Waals surface area contributed by atoms with Crippen LogP contribution in [0.1, 0.15) is 13.8 Å². The number of nitrogens with one attached hydrogen (secondary N) is 1. The summed E-state index contributed by atoms with van der Waals surface area (Å²) in [6, 6.07) is -1.26. The molecule has 0 aromatic heterocycles. The molecule has 1 unspecified atom stereocenters. The number of rotatable bonds is 5. The van der Waals surface area contributed by atoms with Crippen molar-refractivity contribution in [1.82, 2.24) is 5.32 Å². The molecule has 0 heterocycles. The molecule has 0 rings (SSSR count). The number of carbonyl (C=O) groups is 2. The van der Waals surface area contributed by atoms with Crippen LogP contribution in [-0.4, -0.2) is 40.0 Å². The largest absolute Gasteiger partial charge is 0.480 e. The maximum atomic E-state index is 11.3. The van der Waals surface area contributed by atoms with Gasteiger partial charge in [-0.3, -0.25) is 4.79 Å². The zero-order valence-corrected chi connectivity index (χ0v) is 8.99. The molecule has 0 aliphatic heterocycles. The van der Waals surface area contributed by atoms with Crippen LogP contribution in [0.3, 0.4) is 0 Å². The van der Waals surface area contributed by atoms with Crippen LogP contribution >= 0.6 is 12.6 Å². The van der Waals surface area contributed by atoms with Gasteiger partial charge in [0, 0.05) is 11.7 Å². The minimum absolute atomic E-state index is 0.331. The number of aliphatic hydroxyl groups is 1. The van der Waals surface area contributed by atoms with E-state index in [0.29, 0.717) is 5.75 Å². The molecule has 0 radical (unpaired) electrons. The summed E-state index contributed by atoms with van der Waals surface area (Å²) < 4.78 is 0. The van der Waals surface area contributed by atoms with Crippen molar-refractivity contribution in [3.63, 3.8) is 0 Å². The summed E-state index contributed by atoms with van der Waals surface area (Å²) in [5, 5.41) is 20.0. The van der Waals surface area contributed by atoms with Gasteiger partial charge in [0.2, 0.25) is 5.91 Å². The van der Waals surface area contributed by atoms with E-state index in [1.54, 1.807) is 6.92 Å². The van der Waals surface area contributed by atoms with E-state index >= 15 is 0 Å². The van der Waals surface area contributed by atoms with Crippen LogP contribution in [0.25, 0.3) is 0 Å². The number of carbonyl (C=O) groups excluding carboxylic acids is 1. The number of aliphatic hydroxyl groups excluding tert-OH is 1. The lowest BCUT2D eigenvalue weighted by atomic mass is 10.1. The lowest BCUT2D eigenvalue weighted by Crippen LogP contribution is -2.49. The van der Waals surface area contributed by atoms with Crippen LogP contribution in [0.4, 0.5) is 0 Å². The van der Waals surface area contributed by atoms with Gasteiger partial charge < -0.3 is 15.5 Å². The van der Waals surface area contributed by atoms with Gasteiger partial charge in [-0.15, -0.1) is 0 Å². The fraction of sp³-hybridized carbons (Fsp3) is 0.750. The summed E-state index contributed by atoms with van der Waals surface area (Å²) in [6.45, 7) is 2.94. The Morgan fingerprint density at radius 2 is 1.93 bits per heavy atom. The van der Waals surface area contributed by atoms with Crippen LogP contribution in [0.5, 0.6) is 0 Å². The molecule has 82 valence electrons. The molecule has 0 saturated carbocycles. The summed E-state index contributed by atoms with van der Waals surface area (Å²) in [7, 11) is 0. The average Bonchev–Trinajstić information content (AvgIpc) is 2.11. The molecule has 6 heteroatoms. The molecule has 5 nitrogen and oxygen atoms in total. The number of aliphatic carboxylic acids is 1. The molecular formula is C8H15NO4S. The summed E-state index contributed by atoms with van der Waals surface area (Å²) in [5.41, 5.74) is 0. The number of carboxylic acids is 1. The molecule has 3 N–H and O–H groups in total. The van der Waals surface area contributed by atoms with E-state index in [9.17, 15) is 9.59 Å². The van der Waals surface area contributed by atoms with Crippen molar-refractivity contribution in [2.75, 3.05) is 5.75 Å². The van der Waals surface area contributed by atoms with Gasteiger partial charge in [-0.05, 0) is 6.92 Å². The van der Waals surface area contributed by atoms with Crippen molar-refractivity contribution < 1.29 is 19.8 Å². The minimum atomic E-state index is -1.26. The molecule has 0 aliphatic carbocycles. The summed E-state index contributed by atoms with van der Waals surface area (Å²) in [4.78, 5) is 21.9. The van der Waals surface area contributed by atoms with Gasteiger partial charge in [0.1, 0.15) is 0 Å². The maximum Gasteiger partial charge on any atom is 0.328 e. The van der Waals surface area contributed by atoms with E-state index in [-0.39, 0.29) is 5.92 Å². The first-order valence-corrected chi connectivity index (χ1v) is 4.85. The molecule has 0 bridgehead atoms. The molecule has 0 aromatic carbocycles. The van der Waals surface area contributed by atoms with Gasteiger partial charge in [0.15, 0.2) is 6.04 Å². The van der Waals surface area contributed by atoms with E-state index < -0.39 is 24.0 Å². The minimum Gasteiger partial charge on any atom is -0.480 e. The zero-order valence-electron chi connectivity index (χ0n) is 8.10. The lowest BCUT2D eigenvalue weighted by Gasteiger charge is -2.18. The second kappa shape index (κ2) is 5.87. The quantitative estimate of drug-likeness (QED) is 0.471. The molecule has 1 amide bonds. The van der Waals surface area contributed by atoms with E-state index in [4.69, 9.17) is 10.2 Å². The molecule has 0 fully saturated rings. The van der Waals surface area contributed by atoms with Crippen LogP contribution < -0.4 is 5.32 Å². The van der Waals surface area contributed by atoms with E-state index in [1.165, 1.54) is 6.92 Å². The van der Waals surface area contributed by atoms with Crippen molar-refractivity contribution in [2.24, 2.45) is 5.92 Å². The maximum absolute atomic E-state index is 11.3. The smallest absolute Gasteiger partial charge is 0.328 e. The molecule has 0 spiro atoms. The highest BCUT2D eigenvalue weighted by atomic mass is 32.1. The normalized spacial score (nSPS) is 16.9. The predicted molar refractivity (Wildman–Crippen MR) is 54.3 cm³/mol. The number of carboxylic acid groups (broad SMARTS) is 1. The third kappa shape index (κ3) is 3.97. The van der Waals surface area contributed by atoms with Crippen LogP contribution in [0.15, 0.2) is 0 Å². The Morgan fingerprint density at radius 1 is 1.43 bits per heavy atom. The molecule has 0 aromatic rings. The summed E-state index contributed by atoms with van der Waals surface area (Å²) in [6.07, 6.45) is -1.12. The SMILES string of the molecule is CC(CS)C(=O)N[C@H](C(=O)O)[C@@H](C)O. The van der Waals surface area contributed by atoms with Gasteiger partial charge in [-0.1, -0.05) is 6.92 Å². The highest BCUT2D eigenvalue weighted by Gasteiger charge is 2.26. The van der Waals surface area contributed by atoms with Gasteiger partial charge in [-0.25, -0.2) is 4.79 Å². The summed E-state index contributed by atoms with van der Waals surface area (Å²) in [5.74, 6) is -1.72. The second-order valence-electron chi connectivity index (χ2n) is 3.15. The fourth-order valence-electron chi connectivity index (χ4n) is 0.767. The Morgan fingerprint density at radius 3 is 2.21 bits per heavy atom. The first-order valence-electron chi connectivity index (χ1n) is 4.22.